The second kappa shape index (κ2) is 4.31. The Labute approximate surface area is 99.6 Å². The number of hydrogen-bond donors (Lipinski definition) is 1. The van der Waals surface area contributed by atoms with Crippen molar-refractivity contribution in [2.45, 2.75) is 26.8 Å². The molecular weight excluding hydrogens is 218 g/mol. The lowest BCUT2D eigenvalue weighted by Crippen LogP contribution is -2.14. The van der Waals surface area contributed by atoms with Crippen LogP contribution in [0.3, 0.4) is 0 Å². The number of aryl methyl sites for hydroxylation is 3. The van der Waals surface area contributed by atoms with E-state index >= 15 is 0 Å². The number of benzene rings is 1. The van der Waals surface area contributed by atoms with E-state index in [9.17, 15) is 0 Å². The van der Waals surface area contributed by atoms with Gasteiger partial charge in [0.2, 0.25) is 0 Å². The summed E-state index contributed by atoms with van der Waals surface area (Å²) in [4.78, 5) is 0. The number of rotatable bonds is 2. The van der Waals surface area contributed by atoms with E-state index in [2.05, 4.69) is 41.7 Å². The molecule has 0 saturated heterocycles. The summed E-state index contributed by atoms with van der Waals surface area (Å²) in [5, 5.41) is 0. The van der Waals surface area contributed by atoms with Crippen LogP contribution in [0.5, 0.6) is 0 Å². The smallest absolute Gasteiger partial charge is 0.0955 e. The van der Waals surface area contributed by atoms with Gasteiger partial charge in [0.1, 0.15) is 0 Å². The van der Waals surface area contributed by atoms with Gasteiger partial charge in [-0.1, -0.05) is 12.1 Å². The quantitative estimate of drug-likeness (QED) is 0.867. The first kappa shape index (κ1) is 11.2. The third-order valence-electron chi connectivity index (χ3n) is 2.91. The largest absolute Gasteiger partial charge is 0.319 e. The molecule has 2 aromatic rings. The Morgan fingerprint density at radius 1 is 1.12 bits per heavy atom. The first-order chi connectivity index (χ1) is 7.59. The summed E-state index contributed by atoms with van der Waals surface area (Å²) in [6.07, 6.45) is 1.74. The molecule has 0 amide bonds. The molecule has 0 radical (unpaired) electrons. The van der Waals surface area contributed by atoms with Crippen molar-refractivity contribution in [2.75, 3.05) is 0 Å². The predicted octanol–water partition coefficient (Wildman–Crippen LogP) is 2.51. The van der Waals surface area contributed by atoms with Gasteiger partial charge in [-0.05, 0) is 43.0 Å². The zero-order valence-electron chi connectivity index (χ0n) is 9.69. The summed E-state index contributed by atoms with van der Waals surface area (Å²) >= 11 is 1.20. The molecule has 1 atom stereocenters. The first-order valence-corrected chi connectivity index (χ1v) is 5.93. The van der Waals surface area contributed by atoms with Crippen LogP contribution in [-0.2, 0) is 0 Å². The second-order valence-electron chi connectivity index (χ2n) is 4.10. The van der Waals surface area contributed by atoms with Crippen LogP contribution in [0, 0.1) is 20.8 Å². The summed E-state index contributed by atoms with van der Waals surface area (Å²) in [5.74, 6) is 0. The molecule has 0 fully saturated rings. The Morgan fingerprint density at radius 3 is 2.44 bits per heavy atom. The third-order valence-corrected chi connectivity index (χ3v) is 3.41. The van der Waals surface area contributed by atoms with Crippen LogP contribution in [-0.4, -0.2) is 8.75 Å². The molecule has 0 saturated carbocycles. The average molecular weight is 233 g/mol. The van der Waals surface area contributed by atoms with Crippen LogP contribution in [0.25, 0.3) is 0 Å². The van der Waals surface area contributed by atoms with Gasteiger partial charge in [-0.15, -0.1) is 0 Å². The van der Waals surface area contributed by atoms with Crippen molar-refractivity contribution in [2.24, 2.45) is 5.73 Å². The van der Waals surface area contributed by atoms with E-state index in [0.717, 1.165) is 11.3 Å². The molecule has 2 N–H and O–H groups in total. The maximum Gasteiger partial charge on any atom is 0.0955 e. The van der Waals surface area contributed by atoms with Crippen LogP contribution in [0.15, 0.2) is 18.3 Å². The molecule has 0 aliphatic rings. The summed E-state index contributed by atoms with van der Waals surface area (Å²) in [7, 11) is 0. The highest BCUT2D eigenvalue weighted by Gasteiger charge is 2.14. The minimum absolute atomic E-state index is 0.168. The van der Waals surface area contributed by atoms with Crippen molar-refractivity contribution in [3.8, 4) is 0 Å². The summed E-state index contributed by atoms with van der Waals surface area (Å²) in [5.41, 5.74) is 11.9. The molecule has 1 heterocycles. The fraction of sp³-hybridized carbons (Fsp3) is 0.333. The van der Waals surface area contributed by atoms with Crippen LogP contribution in [0.1, 0.15) is 34.0 Å². The predicted molar refractivity (Wildman–Crippen MR) is 66.6 cm³/mol. The molecule has 3 nitrogen and oxygen atoms in total. The van der Waals surface area contributed by atoms with Crippen LogP contribution >= 0.6 is 11.7 Å². The van der Waals surface area contributed by atoms with Gasteiger partial charge in [0.25, 0.3) is 0 Å². The fourth-order valence-corrected chi connectivity index (χ4v) is 2.24. The minimum Gasteiger partial charge on any atom is -0.319 e. The van der Waals surface area contributed by atoms with E-state index in [1.165, 1.54) is 28.4 Å². The van der Waals surface area contributed by atoms with Crippen molar-refractivity contribution in [1.29, 1.82) is 0 Å². The topological polar surface area (TPSA) is 51.8 Å². The van der Waals surface area contributed by atoms with Crippen LogP contribution < -0.4 is 5.73 Å². The lowest BCUT2D eigenvalue weighted by atomic mass is 9.95. The second-order valence-corrected chi connectivity index (χ2v) is 4.66. The van der Waals surface area contributed by atoms with E-state index in [0.29, 0.717) is 0 Å². The number of aromatic nitrogens is 2. The molecule has 1 aromatic heterocycles. The third kappa shape index (κ3) is 1.99. The van der Waals surface area contributed by atoms with Crippen molar-refractivity contribution >= 4 is 11.7 Å². The van der Waals surface area contributed by atoms with E-state index < -0.39 is 0 Å². The molecule has 0 spiro atoms. The maximum absolute atomic E-state index is 6.18. The van der Waals surface area contributed by atoms with Gasteiger partial charge >= 0.3 is 0 Å². The molecular formula is C12H15N3S. The SMILES string of the molecule is Cc1cc(C)c(C(N)c2cnsn2)cc1C. The standard InChI is InChI=1S/C12H15N3S/c1-7-4-9(3)10(5-8(7)2)12(13)11-6-14-16-15-11/h4-6,12H,13H2,1-3H3. The van der Waals surface area contributed by atoms with Gasteiger partial charge in [-0.3, -0.25) is 0 Å². The Bertz CT molecular complexity index is 491. The molecule has 1 unspecified atom stereocenters. The lowest BCUT2D eigenvalue weighted by Gasteiger charge is -2.14. The first-order valence-electron chi connectivity index (χ1n) is 5.20. The summed E-state index contributed by atoms with van der Waals surface area (Å²) in [6.45, 7) is 6.30. The molecule has 84 valence electrons. The lowest BCUT2D eigenvalue weighted by molar-refractivity contribution is 0.832. The van der Waals surface area contributed by atoms with Gasteiger partial charge in [0, 0.05) is 0 Å². The van der Waals surface area contributed by atoms with E-state index in [1.54, 1.807) is 6.20 Å². The highest BCUT2D eigenvalue weighted by Crippen LogP contribution is 2.24. The summed E-state index contributed by atoms with van der Waals surface area (Å²) < 4.78 is 8.18. The highest BCUT2D eigenvalue weighted by molar-refractivity contribution is 6.99. The van der Waals surface area contributed by atoms with E-state index in [1.807, 2.05) is 0 Å². The Hall–Kier alpha value is -1.26. The van der Waals surface area contributed by atoms with Gasteiger partial charge < -0.3 is 5.73 Å². The molecule has 2 rings (SSSR count). The van der Waals surface area contributed by atoms with Gasteiger partial charge in [-0.25, -0.2) is 0 Å². The van der Waals surface area contributed by atoms with E-state index in [4.69, 9.17) is 5.73 Å². The molecule has 0 aliphatic heterocycles. The van der Waals surface area contributed by atoms with Crippen molar-refractivity contribution < 1.29 is 0 Å². The number of nitrogens with two attached hydrogens (primary N) is 1. The molecule has 1 aromatic carbocycles. The maximum atomic E-state index is 6.18. The Morgan fingerprint density at radius 2 is 1.81 bits per heavy atom. The Kier molecular flexibility index (Phi) is 3.03. The number of hydrogen-bond acceptors (Lipinski definition) is 4. The summed E-state index contributed by atoms with van der Waals surface area (Å²) in [6, 6.07) is 4.15. The van der Waals surface area contributed by atoms with Gasteiger partial charge in [-0.2, -0.15) is 8.75 Å². The van der Waals surface area contributed by atoms with Gasteiger partial charge in [0.05, 0.1) is 29.7 Å². The minimum atomic E-state index is -0.168. The molecule has 0 aliphatic carbocycles. The monoisotopic (exact) mass is 233 g/mol. The molecule has 4 heteroatoms. The zero-order valence-corrected chi connectivity index (χ0v) is 10.5. The molecule has 16 heavy (non-hydrogen) atoms. The van der Waals surface area contributed by atoms with Crippen molar-refractivity contribution in [3.05, 3.63) is 46.3 Å². The van der Waals surface area contributed by atoms with Crippen molar-refractivity contribution in [1.82, 2.24) is 8.75 Å². The van der Waals surface area contributed by atoms with Crippen LogP contribution in [0.4, 0.5) is 0 Å². The number of nitrogens with zero attached hydrogens (tertiary/aromatic N) is 2. The Balaban J connectivity index is 2.44. The molecule has 0 bridgehead atoms. The van der Waals surface area contributed by atoms with Crippen molar-refractivity contribution in [3.63, 3.8) is 0 Å². The van der Waals surface area contributed by atoms with E-state index in [-0.39, 0.29) is 6.04 Å². The fourth-order valence-electron chi connectivity index (χ4n) is 1.79. The normalized spacial score (nSPS) is 12.8. The average Bonchev–Trinajstić information content (AvgIpc) is 2.75. The van der Waals surface area contributed by atoms with Gasteiger partial charge in [0.15, 0.2) is 0 Å². The zero-order chi connectivity index (χ0) is 11.7. The van der Waals surface area contributed by atoms with Crippen LogP contribution in [0.2, 0.25) is 0 Å². The highest BCUT2D eigenvalue weighted by atomic mass is 32.1.